The van der Waals surface area contributed by atoms with E-state index in [1.807, 2.05) is 30.3 Å². The van der Waals surface area contributed by atoms with E-state index in [-0.39, 0.29) is 12.5 Å². The Bertz CT molecular complexity index is 794. The van der Waals surface area contributed by atoms with Gasteiger partial charge in [-0.1, -0.05) is 36.4 Å². The molecule has 3 aromatic rings. The molecule has 1 aromatic heterocycles. The quantitative estimate of drug-likeness (QED) is 0.774. The molecule has 0 aliphatic carbocycles. The zero-order chi connectivity index (χ0) is 14.7. The van der Waals surface area contributed by atoms with Crippen molar-refractivity contribution in [3.8, 4) is 0 Å². The van der Waals surface area contributed by atoms with E-state index in [0.29, 0.717) is 11.4 Å². The topological polar surface area (TPSA) is 62.2 Å². The molecule has 104 valence electrons. The number of nitrogens with one attached hydrogen (secondary N) is 1. The lowest BCUT2D eigenvalue weighted by atomic mass is 10.1. The first-order valence-corrected chi connectivity index (χ1v) is 6.63. The summed E-state index contributed by atoms with van der Waals surface area (Å²) in [6, 6.07) is 16.6. The van der Waals surface area contributed by atoms with E-state index in [1.54, 1.807) is 30.5 Å². The summed E-state index contributed by atoms with van der Waals surface area (Å²) in [7, 11) is 0. The molecule has 0 saturated carbocycles. The lowest BCUT2D eigenvalue weighted by Crippen LogP contribution is -2.14. The maximum Gasteiger partial charge on any atom is 0.274 e. The molecule has 2 N–H and O–H groups in total. The normalized spacial score (nSPS) is 10.5. The number of amides is 1. The van der Waals surface area contributed by atoms with Crippen molar-refractivity contribution in [3.63, 3.8) is 0 Å². The fraction of sp³-hybridized carbons (Fsp3) is 0.0588. The molecular weight excluding hydrogens is 264 g/mol. The molecule has 0 saturated heterocycles. The van der Waals surface area contributed by atoms with Crippen molar-refractivity contribution in [1.29, 1.82) is 0 Å². The van der Waals surface area contributed by atoms with Crippen LogP contribution in [0.5, 0.6) is 0 Å². The molecule has 0 atom stereocenters. The molecule has 1 heterocycles. The van der Waals surface area contributed by atoms with Crippen LogP contribution in [0, 0.1) is 0 Å². The maximum absolute atomic E-state index is 12.4. The largest absolute Gasteiger partial charge is 0.392 e. The van der Waals surface area contributed by atoms with Crippen molar-refractivity contribution >= 4 is 22.4 Å². The number of carbonyl (C=O) groups excluding carboxylic acids is 1. The van der Waals surface area contributed by atoms with Gasteiger partial charge in [-0.15, -0.1) is 0 Å². The van der Waals surface area contributed by atoms with Gasteiger partial charge in [0.2, 0.25) is 0 Å². The number of pyridine rings is 1. The summed E-state index contributed by atoms with van der Waals surface area (Å²) in [6.45, 7) is -0.0593. The predicted molar refractivity (Wildman–Crippen MR) is 82.1 cm³/mol. The lowest BCUT2D eigenvalue weighted by Gasteiger charge is -2.08. The Morgan fingerprint density at radius 2 is 1.95 bits per heavy atom. The van der Waals surface area contributed by atoms with Crippen LogP contribution in [0.25, 0.3) is 10.8 Å². The number of fused-ring (bicyclic) bond motifs is 1. The minimum Gasteiger partial charge on any atom is -0.392 e. The molecule has 4 nitrogen and oxygen atoms in total. The standard InChI is InChI=1S/C17H14N2O2/c20-11-12-4-3-6-14(10-12)19-17(21)16-15-7-2-1-5-13(15)8-9-18-16/h1-10,20H,11H2,(H,19,21). The Labute approximate surface area is 122 Å². The summed E-state index contributed by atoms with van der Waals surface area (Å²) in [6.07, 6.45) is 1.63. The highest BCUT2D eigenvalue weighted by atomic mass is 16.3. The van der Waals surface area contributed by atoms with Crippen LogP contribution in [0.1, 0.15) is 16.1 Å². The highest BCUT2D eigenvalue weighted by Crippen LogP contribution is 2.18. The Morgan fingerprint density at radius 1 is 1.10 bits per heavy atom. The van der Waals surface area contributed by atoms with E-state index >= 15 is 0 Å². The zero-order valence-corrected chi connectivity index (χ0v) is 11.3. The van der Waals surface area contributed by atoms with Crippen LogP contribution in [0.3, 0.4) is 0 Å². The number of aliphatic hydroxyl groups is 1. The third-order valence-corrected chi connectivity index (χ3v) is 3.26. The van der Waals surface area contributed by atoms with Gasteiger partial charge in [0, 0.05) is 17.3 Å². The molecule has 4 heteroatoms. The number of rotatable bonds is 3. The number of hydrogen-bond donors (Lipinski definition) is 2. The Kier molecular flexibility index (Phi) is 3.62. The van der Waals surface area contributed by atoms with Gasteiger partial charge < -0.3 is 10.4 Å². The van der Waals surface area contributed by atoms with Gasteiger partial charge >= 0.3 is 0 Å². The van der Waals surface area contributed by atoms with E-state index in [9.17, 15) is 4.79 Å². The monoisotopic (exact) mass is 278 g/mol. The highest BCUT2D eigenvalue weighted by molar-refractivity contribution is 6.11. The highest BCUT2D eigenvalue weighted by Gasteiger charge is 2.11. The first-order valence-electron chi connectivity index (χ1n) is 6.63. The van der Waals surface area contributed by atoms with Crippen molar-refractivity contribution in [1.82, 2.24) is 4.98 Å². The molecule has 0 spiro atoms. The average molecular weight is 278 g/mol. The van der Waals surface area contributed by atoms with Crippen molar-refractivity contribution in [2.75, 3.05) is 5.32 Å². The third kappa shape index (κ3) is 2.75. The van der Waals surface area contributed by atoms with Gasteiger partial charge in [-0.3, -0.25) is 9.78 Å². The first kappa shape index (κ1) is 13.3. The molecule has 21 heavy (non-hydrogen) atoms. The Balaban J connectivity index is 1.93. The number of hydrogen-bond acceptors (Lipinski definition) is 3. The van der Waals surface area contributed by atoms with E-state index < -0.39 is 0 Å². The molecule has 0 fully saturated rings. The molecule has 2 aromatic carbocycles. The fourth-order valence-electron chi connectivity index (χ4n) is 2.24. The van der Waals surface area contributed by atoms with Crippen LogP contribution < -0.4 is 5.32 Å². The summed E-state index contributed by atoms with van der Waals surface area (Å²) in [5.74, 6) is -0.262. The van der Waals surface area contributed by atoms with Crippen molar-refractivity contribution in [2.45, 2.75) is 6.61 Å². The number of aromatic nitrogens is 1. The second-order valence-electron chi connectivity index (χ2n) is 4.69. The van der Waals surface area contributed by atoms with E-state index in [1.165, 1.54) is 0 Å². The van der Waals surface area contributed by atoms with Crippen LogP contribution in [0.2, 0.25) is 0 Å². The van der Waals surface area contributed by atoms with Gasteiger partial charge in [-0.2, -0.15) is 0 Å². The van der Waals surface area contributed by atoms with Gasteiger partial charge in [-0.05, 0) is 29.1 Å². The molecule has 3 rings (SSSR count). The van der Waals surface area contributed by atoms with E-state index in [4.69, 9.17) is 5.11 Å². The molecular formula is C17H14N2O2. The summed E-state index contributed by atoms with van der Waals surface area (Å²) in [5, 5.41) is 13.7. The summed E-state index contributed by atoms with van der Waals surface area (Å²) < 4.78 is 0. The number of carbonyl (C=O) groups is 1. The van der Waals surface area contributed by atoms with Crippen LogP contribution in [-0.4, -0.2) is 16.0 Å². The van der Waals surface area contributed by atoms with Crippen LogP contribution in [0.15, 0.2) is 60.8 Å². The molecule has 1 amide bonds. The van der Waals surface area contributed by atoms with Crippen molar-refractivity contribution in [3.05, 3.63) is 72.1 Å². The van der Waals surface area contributed by atoms with Gasteiger partial charge in [0.1, 0.15) is 5.69 Å². The van der Waals surface area contributed by atoms with Crippen molar-refractivity contribution in [2.24, 2.45) is 0 Å². The van der Waals surface area contributed by atoms with E-state index in [0.717, 1.165) is 16.3 Å². The number of nitrogens with zero attached hydrogens (tertiary/aromatic N) is 1. The second kappa shape index (κ2) is 5.73. The van der Waals surface area contributed by atoms with Gasteiger partial charge in [0.25, 0.3) is 5.91 Å². The van der Waals surface area contributed by atoms with Crippen LogP contribution in [0.4, 0.5) is 5.69 Å². The third-order valence-electron chi connectivity index (χ3n) is 3.26. The SMILES string of the molecule is O=C(Nc1cccc(CO)c1)c1nccc2ccccc12. The van der Waals surface area contributed by atoms with Gasteiger partial charge in [0.15, 0.2) is 0 Å². The summed E-state index contributed by atoms with van der Waals surface area (Å²) in [4.78, 5) is 16.6. The Morgan fingerprint density at radius 3 is 2.81 bits per heavy atom. The second-order valence-corrected chi connectivity index (χ2v) is 4.69. The minimum atomic E-state index is -0.262. The molecule has 0 radical (unpaired) electrons. The van der Waals surface area contributed by atoms with Crippen LogP contribution in [-0.2, 0) is 6.61 Å². The maximum atomic E-state index is 12.4. The number of benzene rings is 2. The smallest absolute Gasteiger partial charge is 0.274 e. The molecule has 0 unspecified atom stereocenters. The zero-order valence-electron chi connectivity index (χ0n) is 11.3. The minimum absolute atomic E-state index is 0.0593. The summed E-state index contributed by atoms with van der Waals surface area (Å²) in [5.41, 5.74) is 1.78. The predicted octanol–water partition coefficient (Wildman–Crippen LogP) is 2.98. The molecule has 0 aliphatic rings. The fourth-order valence-corrected chi connectivity index (χ4v) is 2.24. The number of aliphatic hydroxyl groups excluding tert-OH is 1. The van der Waals surface area contributed by atoms with Gasteiger partial charge in [0.05, 0.1) is 6.61 Å². The Hall–Kier alpha value is -2.72. The van der Waals surface area contributed by atoms with Gasteiger partial charge in [-0.25, -0.2) is 0 Å². The average Bonchev–Trinajstić information content (AvgIpc) is 2.54. The molecule has 0 aliphatic heterocycles. The number of anilines is 1. The summed E-state index contributed by atoms with van der Waals surface area (Å²) >= 11 is 0. The molecule has 0 bridgehead atoms. The lowest BCUT2D eigenvalue weighted by molar-refractivity contribution is 0.102. The first-order chi connectivity index (χ1) is 10.3. The van der Waals surface area contributed by atoms with Crippen LogP contribution >= 0.6 is 0 Å². The van der Waals surface area contributed by atoms with E-state index in [2.05, 4.69) is 10.3 Å². The van der Waals surface area contributed by atoms with Crippen molar-refractivity contribution < 1.29 is 9.90 Å².